The maximum absolute atomic E-state index is 12.9. The first-order chi connectivity index (χ1) is 11.3. The van der Waals surface area contributed by atoms with Gasteiger partial charge in [0.1, 0.15) is 11.4 Å². The van der Waals surface area contributed by atoms with Gasteiger partial charge in [-0.05, 0) is 25.7 Å². The summed E-state index contributed by atoms with van der Waals surface area (Å²) in [5.41, 5.74) is 2.31. The van der Waals surface area contributed by atoms with Gasteiger partial charge in [0.25, 0.3) is 5.91 Å². The van der Waals surface area contributed by atoms with Gasteiger partial charge in [-0.3, -0.25) is 4.79 Å². The van der Waals surface area contributed by atoms with Gasteiger partial charge < -0.3 is 14.6 Å². The summed E-state index contributed by atoms with van der Waals surface area (Å²) in [4.78, 5) is 22.2. The molecule has 0 saturated carbocycles. The number of piperidine rings is 1. The fraction of sp³-hybridized carbons (Fsp3) is 0.444. The molecule has 2 fully saturated rings. The number of carbonyl (C=O) groups is 1. The van der Waals surface area contributed by atoms with Crippen LogP contribution in [0.2, 0.25) is 0 Å². The van der Waals surface area contributed by atoms with Crippen molar-refractivity contribution in [3.05, 3.63) is 42.4 Å². The van der Waals surface area contributed by atoms with E-state index in [2.05, 4.69) is 9.97 Å². The minimum atomic E-state index is 0.0347. The van der Waals surface area contributed by atoms with E-state index >= 15 is 0 Å². The number of imidazole rings is 1. The molecule has 5 nitrogen and oxygen atoms in total. The highest BCUT2D eigenvalue weighted by atomic mass is 16.5. The second kappa shape index (κ2) is 5.81. The largest absolute Gasteiger partial charge is 0.375 e. The summed E-state index contributed by atoms with van der Waals surface area (Å²) < 4.78 is 5.94. The Morgan fingerprint density at radius 2 is 1.96 bits per heavy atom. The summed E-state index contributed by atoms with van der Waals surface area (Å²) in [5.74, 6) is 0.0363. The Hall–Kier alpha value is -2.14. The van der Waals surface area contributed by atoms with Gasteiger partial charge >= 0.3 is 0 Å². The molecule has 0 radical (unpaired) electrons. The Labute approximate surface area is 135 Å². The zero-order chi connectivity index (χ0) is 15.7. The first kappa shape index (κ1) is 14.5. The van der Waals surface area contributed by atoms with Crippen molar-refractivity contribution in [2.75, 3.05) is 19.7 Å². The summed E-state index contributed by atoms with van der Waals surface area (Å²) in [7, 11) is 0. The summed E-state index contributed by atoms with van der Waals surface area (Å²) >= 11 is 0. The van der Waals surface area contributed by atoms with Crippen LogP contribution in [-0.2, 0) is 4.74 Å². The Bertz CT molecular complexity index is 679. The van der Waals surface area contributed by atoms with E-state index in [1.54, 1.807) is 6.33 Å². The molecular formula is C18H21N3O2. The molecule has 0 unspecified atom stereocenters. The second-order valence-electron chi connectivity index (χ2n) is 6.42. The van der Waals surface area contributed by atoms with Gasteiger partial charge in [0, 0.05) is 25.3 Å². The standard InChI is InChI=1S/C18H21N3O2/c22-17(21-10-8-18(9-11-21)7-4-12-23-18)16-15(19-13-20-16)14-5-2-1-3-6-14/h1-3,5-6,13H,4,7-12H2,(H,19,20). The van der Waals surface area contributed by atoms with E-state index in [9.17, 15) is 4.79 Å². The van der Waals surface area contributed by atoms with Gasteiger partial charge in [0.05, 0.1) is 11.9 Å². The normalized spacial score (nSPS) is 20.1. The van der Waals surface area contributed by atoms with Crippen LogP contribution in [0.5, 0.6) is 0 Å². The lowest BCUT2D eigenvalue weighted by molar-refractivity contribution is -0.0388. The summed E-state index contributed by atoms with van der Waals surface area (Å²) in [6, 6.07) is 9.83. The van der Waals surface area contributed by atoms with E-state index in [1.807, 2.05) is 35.2 Å². The second-order valence-corrected chi connectivity index (χ2v) is 6.42. The van der Waals surface area contributed by atoms with E-state index in [4.69, 9.17) is 4.74 Å². The molecule has 3 heterocycles. The van der Waals surface area contributed by atoms with E-state index in [0.29, 0.717) is 5.69 Å². The average Bonchev–Trinajstić information content (AvgIpc) is 3.26. The third-order valence-electron chi connectivity index (χ3n) is 5.05. The number of likely N-dealkylation sites (tertiary alicyclic amines) is 1. The van der Waals surface area contributed by atoms with Crippen LogP contribution in [0.15, 0.2) is 36.7 Å². The van der Waals surface area contributed by atoms with Crippen LogP contribution < -0.4 is 0 Å². The molecule has 2 aliphatic rings. The molecule has 1 spiro atoms. The topological polar surface area (TPSA) is 58.2 Å². The third kappa shape index (κ3) is 2.65. The molecule has 0 atom stereocenters. The van der Waals surface area contributed by atoms with Crippen molar-refractivity contribution in [1.29, 1.82) is 0 Å². The molecule has 23 heavy (non-hydrogen) atoms. The molecule has 1 amide bonds. The lowest BCUT2D eigenvalue weighted by Gasteiger charge is -2.38. The van der Waals surface area contributed by atoms with Crippen LogP contribution in [0, 0.1) is 0 Å². The van der Waals surface area contributed by atoms with Crippen molar-refractivity contribution in [3.8, 4) is 11.3 Å². The third-order valence-corrected chi connectivity index (χ3v) is 5.05. The number of aromatic nitrogens is 2. The van der Waals surface area contributed by atoms with Crippen molar-refractivity contribution < 1.29 is 9.53 Å². The molecular weight excluding hydrogens is 290 g/mol. The number of amides is 1. The highest BCUT2D eigenvalue weighted by Crippen LogP contribution is 2.36. The van der Waals surface area contributed by atoms with Gasteiger partial charge in [-0.25, -0.2) is 4.98 Å². The van der Waals surface area contributed by atoms with Crippen LogP contribution in [0.1, 0.15) is 36.2 Å². The maximum atomic E-state index is 12.9. The van der Waals surface area contributed by atoms with Crippen LogP contribution in [0.25, 0.3) is 11.3 Å². The van der Waals surface area contributed by atoms with Crippen molar-refractivity contribution in [1.82, 2.24) is 14.9 Å². The van der Waals surface area contributed by atoms with Crippen molar-refractivity contribution in [2.45, 2.75) is 31.3 Å². The Morgan fingerprint density at radius 1 is 1.17 bits per heavy atom. The van der Waals surface area contributed by atoms with Crippen molar-refractivity contribution in [3.63, 3.8) is 0 Å². The van der Waals surface area contributed by atoms with Crippen LogP contribution in [-0.4, -0.2) is 46.1 Å². The predicted octanol–water partition coefficient (Wildman–Crippen LogP) is 2.86. The Morgan fingerprint density at radius 3 is 2.65 bits per heavy atom. The van der Waals surface area contributed by atoms with Gasteiger partial charge in [0.2, 0.25) is 0 Å². The Kier molecular flexibility index (Phi) is 3.65. The number of aromatic amines is 1. The van der Waals surface area contributed by atoms with E-state index in [0.717, 1.165) is 56.6 Å². The number of benzene rings is 1. The Balaban J connectivity index is 1.51. The monoisotopic (exact) mass is 311 g/mol. The number of hydrogen-bond acceptors (Lipinski definition) is 3. The average molecular weight is 311 g/mol. The van der Waals surface area contributed by atoms with Crippen molar-refractivity contribution in [2.24, 2.45) is 0 Å². The minimum absolute atomic E-state index is 0.0347. The van der Waals surface area contributed by atoms with Crippen LogP contribution in [0.4, 0.5) is 0 Å². The first-order valence-electron chi connectivity index (χ1n) is 8.29. The number of carbonyl (C=O) groups excluding carboxylic acids is 1. The van der Waals surface area contributed by atoms with E-state index < -0.39 is 0 Å². The summed E-state index contributed by atoms with van der Waals surface area (Å²) in [5, 5.41) is 0. The predicted molar refractivity (Wildman–Crippen MR) is 87.1 cm³/mol. The smallest absolute Gasteiger partial charge is 0.272 e. The number of nitrogens with zero attached hydrogens (tertiary/aromatic N) is 2. The van der Waals surface area contributed by atoms with Gasteiger partial charge in [-0.2, -0.15) is 0 Å². The molecule has 1 aromatic heterocycles. The number of hydrogen-bond donors (Lipinski definition) is 1. The molecule has 0 bridgehead atoms. The molecule has 2 saturated heterocycles. The fourth-order valence-electron chi connectivity index (χ4n) is 3.70. The zero-order valence-electron chi connectivity index (χ0n) is 13.1. The lowest BCUT2D eigenvalue weighted by atomic mass is 9.88. The van der Waals surface area contributed by atoms with Crippen LogP contribution in [0.3, 0.4) is 0 Å². The summed E-state index contributed by atoms with van der Waals surface area (Å²) in [6.45, 7) is 2.38. The molecule has 4 rings (SSSR count). The van der Waals surface area contributed by atoms with E-state index in [-0.39, 0.29) is 11.5 Å². The molecule has 0 aliphatic carbocycles. The molecule has 120 valence electrons. The highest BCUT2D eigenvalue weighted by Gasteiger charge is 2.39. The minimum Gasteiger partial charge on any atom is -0.375 e. The maximum Gasteiger partial charge on any atom is 0.272 e. The number of nitrogens with one attached hydrogen (secondary N) is 1. The number of H-pyrrole nitrogens is 1. The lowest BCUT2D eigenvalue weighted by Crippen LogP contribution is -2.46. The number of ether oxygens (including phenoxy) is 1. The first-order valence-corrected chi connectivity index (χ1v) is 8.29. The van der Waals surface area contributed by atoms with Gasteiger partial charge in [-0.15, -0.1) is 0 Å². The molecule has 1 N–H and O–H groups in total. The quantitative estimate of drug-likeness (QED) is 0.928. The van der Waals surface area contributed by atoms with Crippen molar-refractivity contribution >= 4 is 5.91 Å². The number of rotatable bonds is 2. The molecule has 2 aromatic rings. The van der Waals surface area contributed by atoms with Gasteiger partial charge in [0.15, 0.2) is 0 Å². The highest BCUT2D eigenvalue weighted by molar-refractivity contribution is 5.98. The van der Waals surface area contributed by atoms with E-state index in [1.165, 1.54) is 0 Å². The zero-order valence-corrected chi connectivity index (χ0v) is 13.1. The molecule has 2 aliphatic heterocycles. The summed E-state index contributed by atoms with van der Waals surface area (Å²) in [6.07, 6.45) is 5.75. The SMILES string of the molecule is O=C(c1[nH]cnc1-c1ccccc1)N1CCC2(CCCO2)CC1. The van der Waals surface area contributed by atoms with Crippen LogP contribution >= 0.6 is 0 Å². The van der Waals surface area contributed by atoms with Gasteiger partial charge in [-0.1, -0.05) is 30.3 Å². The molecule has 1 aromatic carbocycles. The fourth-order valence-corrected chi connectivity index (χ4v) is 3.70. The molecule has 5 heteroatoms.